The molecular formula is C17H32N2. The van der Waals surface area contributed by atoms with Crippen LogP contribution in [-0.2, 0) is 0 Å². The molecule has 2 rings (SSSR count). The summed E-state index contributed by atoms with van der Waals surface area (Å²) >= 11 is 0. The molecule has 2 fully saturated rings. The molecule has 19 heavy (non-hydrogen) atoms. The van der Waals surface area contributed by atoms with Crippen LogP contribution in [0.1, 0.15) is 59.8 Å². The van der Waals surface area contributed by atoms with E-state index in [2.05, 4.69) is 44.0 Å². The molecule has 0 spiro atoms. The van der Waals surface area contributed by atoms with Crippen molar-refractivity contribution in [2.45, 2.75) is 71.4 Å². The van der Waals surface area contributed by atoms with Crippen molar-refractivity contribution in [1.29, 1.82) is 0 Å². The highest BCUT2D eigenvalue weighted by molar-refractivity contribution is 5.01. The second kappa shape index (κ2) is 6.41. The minimum absolute atomic E-state index is 0.289. The fourth-order valence-corrected chi connectivity index (χ4v) is 3.51. The highest BCUT2D eigenvalue weighted by atomic mass is 15.3. The van der Waals surface area contributed by atoms with Gasteiger partial charge >= 0.3 is 0 Å². The summed E-state index contributed by atoms with van der Waals surface area (Å²) in [6, 6.07) is 0.721. The van der Waals surface area contributed by atoms with Crippen molar-refractivity contribution in [2.24, 2.45) is 5.92 Å². The van der Waals surface area contributed by atoms with Crippen LogP contribution in [0.2, 0.25) is 0 Å². The van der Waals surface area contributed by atoms with E-state index in [1.54, 1.807) is 0 Å². The Balaban J connectivity index is 1.96. The molecule has 1 saturated carbocycles. The summed E-state index contributed by atoms with van der Waals surface area (Å²) in [5.41, 5.74) is 1.72. The molecule has 1 aliphatic heterocycles. The van der Waals surface area contributed by atoms with E-state index >= 15 is 0 Å². The summed E-state index contributed by atoms with van der Waals surface area (Å²) < 4.78 is 0. The summed E-state index contributed by atoms with van der Waals surface area (Å²) in [5.74, 6) is 0.916. The molecule has 0 aromatic heterocycles. The molecule has 1 aliphatic carbocycles. The highest BCUT2D eigenvalue weighted by Crippen LogP contribution is 2.30. The van der Waals surface area contributed by atoms with Crippen LogP contribution >= 0.6 is 0 Å². The molecule has 1 N–H and O–H groups in total. The molecule has 1 saturated heterocycles. The Labute approximate surface area is 119 Å². The van der Waals surface area contributed by atoms with Gasteiger partial charge in [-0.2, -0.15) is 0 Å². The van der Waals surface area contributed by atoms with Crippen LogP contribution in [0.15, 0.2) is 11.6 Å². The lowest BCUT2D eigenvalue weighted by Gasteiger charge is -2.48. The van der Waals surface area contributed by atoms with Crippen LogP contribution in [0.4, 0.5) is 0 Å². The second-order valence-electron chi connectivity index (χ2n) is 7.38. The molecule has 2 heteroatoms. The highest BCUT2D eigenvalue weighted by Gasteiger charge is 2.36. The predicted octanol–water partition coefficient (Wildman–Crippen LogP) is 3.59. The van der Waals surface area contributed by atoms with Gasteiger partial charge in [-0.15, -0.1) is 0 Å². The van der Waals surface area contributed by atoms with E-state index in [0.29, 0.717) is 0 Å². The molecular weight excluding hydrogens is 232 g/mol. The summed E-state index contributed by atoms with van der Waals surface area (Å²) in [6.07, 6.45) is 9.60. The monoisotopic (exact) mass is 264 g/mol. The molecule has 0 aromatic carbocycles. The van der Waals surface area contributed by atoms with Gasteiger partial charge in [0.05, 0.1) is 0 Å². The smallest absolute Gasteiger partial charge is 0.0281 e. The lowest BCUT2D eigenvalue weighted by molar-refractivity contribution is 0.0542. The maximum atomic E-state index is 3.83. The molecule has 1 unspecified atom stereocenters. The minimum atomic E-state index is 0.289. The van der Waals surface area contributed by atoms with Crippen molar-refractivity contribution < 1.29 is 0 Å². The normalized spacial score (nSPS) is 29.2. The average molecular weight is 264 g/mol. The van der Waals surface area contributed by atoms with Crippen molar-refractivity contribution in [2.75, 3.05) is 19.6 Å². The van der Waals surface area contributed by atoms with E-state index in [9.17, 15) is 0 Å². The van der Waals surface area contributed by atoms with Crippen LogP contribution in [0.3, 0.4) is 0 Å². The largest absolute Gasteiger partial charge is 0.311 e. The van der Waals surface area contributed by atoms with Crippen molar-refractivity contribution in [3.63, 3.8) is 0 Å². The maximum absolute atomic E-state index is 3.83. The Hall–Kier alpha value is -0.340. The lowest BCUT2D eigenvalue weighted by Crippen LogP contribution is -2.63. The first-order valence-corrected chi connectivity index (χ1v) is 8.11. The zero-order valence-corrected chi connectivity index (χ0v) is 13.3. The molecule has 110 valence electrons. The fraction of sp³-hybridized carbons (Fsp3) is 0.882. The topological polar surface area (TPSA) is 15.3 Å². The number of nitrogens with zero attached hydrogens (tertiary/aromatic N) is 1. The van der Waals surface area contributed by atoms with E-state index in [0.717, 1.165) is 25.0 Å². The number of hydrogen-bond donors (Lipinski definition) is 1. The van der Waals surface area contributed by atoms with Crippen molar-refractivity contribution in [3.8, 4) is 0 Å². The molecule has 1 heterocycles. The number of piperazine rings is 1. The Kier molecular flexibility index (Phi) is 5.08. The first-order chi connectivity index (χ1) is 8.99. The van der Waals surface area contributed by atoms with Crippen molar-refractivity contribution in [1.82, 2.24) is 10.2 Å². The van der Waals surface area contributed by atoms with E-state index in [1.807, 2.05) is 0 Å². The zero-order valence-electron chi connectivity index (χ0n) is 13.3. The van der Waals surface area contributed by atoms with Gasteiger partial charge in [0.15, 0.2) is 0 Å². The number of rotatable bonds is 3. The van der Waals surface area contributed by atoms with Gasteiger partial charge in [0.2, 0.25) is 0 Å². The van der Waals surface area contributed by atoms with Gasteiger partial charge in [-0.05, 0) is 46.5 Å². The molecule has 0 bridgehead atoms. The first-order valence-electron chi connectivity index (χ1n) is 8.11. The number of hydrogen-bond acceptors (Lipinski definition) is 2. The fourth-order valence-electron chi connectivity index (χ4n) is 3.51. The van der Waals surface area contributed by atoms with Crippen molar-refractivity contribution >= 4 is 0 Å². The third kappa shape index (κ3) is 4.06. The quantitative estimate of drug-likeness (QED) is 0.784. The SMILES string of the molecule is CC(C)=CCN1CC(C2CCCCC2)NCC1(C)C. The van der Waals surface area contributed by atoms with Gasteiger partial charge in [-0.1, -0.05) is 30.9 Å². The zero-order chi connectivity index (χ0) is 13.9. The minimum Gasteiger partial charge on any atom is -0.311 e. The van der Waals surface area contributed by atoms with E-state index < -0.39 is 0 Å². The summed E-state index contributed by atoms with van der Waals surface area (Å²) in [5, 5.41) is 3.83. The summed E-state index contributed by atoms with van der Waals surface area (Å²) in [4.78, 5) is 2.68. The van der Waals surface area contributed by atoms with Gasteiger partial charge < -0.3 is 5.32 Å². The third-order valence-electron chi connectivity index (χ3n) is 5.01. The predicted molar refractivity (Wildman–Crippen MR) is 83.4 cm³/mol. The van der Waals surface area contributed by atoms with Gasteiger partial charge in [0.25, 0.3) is 0 Å². The molecule has 2 nitrogen and oxygen atoms in total. The molecule has 2 aliphatic rings. The Bertz CT molecular complexity index is 309. The summed E-state index contributed by atoms with van der Waals surface area (Å²) in [7, 11) is 0. The maximum Gasteiger partial charge on any atom is 0.0281 e. The van der Waals surface area contributed by atoms with Crippen LogP contribution in [0.5, 0.6) is 0 Å². The molecule has 0 amide bonds. The molecule has 0 aromatic rings. The summed E-state index contributed by atoms with van der Waals surface area (Å²) in [6.45, 7) is 12.6. The van der Waals surface area contributed by atoms with Crippen molar-refractivity contribution in [3.05, 3.63) is 11.6 Å². The van der Waals surface area contributed by atoms with Crippen LogP contribution in [0.25, 0.3) is 0 Å². The Morgan fingerprint density at radius 3 is 2.53 bits per heavy atom. The number of nitrogens with one attached hydrogen (secondary N) is 1. The van der Waals surface area contributed by atoms with Crippen LogP contribution < -0.4 is 5.32 Å². The van der Waals surface area contributed by atoms with Crippen LogP contribution in [-0.4, -0.2) is 36.1 Å². The standard InChI is InChI=1S/C17H32N2/c1-14(2)10-11-19-12-16(18-13-17(19,3)4)15-8-6-5-7-9-15/h10,15-16,18H,5-9,11-13H2,1-4H3. The van der Waals surface area contributed by atoms with E-state index in [-0.39, 0.29) is 5.54 Å². The number of allylic oxidation sites excluding steroid dienone is 1. The van der Waals surface area contributed by atoms with E-state index in [1.165, 1.54) is 44.2 Å². The lowest BCUT2D eigenvalue weighted by atomic mass is 9.81. The average Bonchev–Trinajstić information content (AvgIpc) is 2.38. The van der Waals surface area contributed by atoms with Gasteiger partial charge in [-0.3, -0.25) is 4.90 Å². The van der Waals surface area contributed by atoms with E-state index in [4.69, 9.17) is 0 Å². The Morgan fingerprint density at radius 1 is 1.21 bits per heavy atom. The van der Waals surface area contributed by atoms with Crippen LogP contribution in [0, 0.1) is 5.92 Å². The van der Waals surface area contributed by atoms with Gasteiger partial charge in [0, 0.05) is 31.2 Å². The van der Waals surface area contributed by atoms with Gasteiger partial charge in [0.1, 0.15) is 0 Å². The third-order valence-corrected chi connectivity index (χ3v) is 5.01. The van der Waals surface area contributed by atoms with Gasteiger partial charge in [-0.25, -0.2) is 0 Å². The Morgan fingerprint density at radius 2 is 1.89 bits per heavy atom. The first kappa shape index (κ1) is 15.1. The molecule has 0 radical (unpaired) electrons. The molecule has 1 atom stereocenters. The second-order valence-corrected chi connectivity index (χ2v) is 7.38.